The lowest BCUT2D eigenvalue weighted by atomic mass is 9.95. The van der Waals surface area contributed by atoms with Gasteiger partial charge in [-0.2, -0.15) is 0 Å². The number of hydrogen-bond acceptors (Lipinski definition) is 5. The Morgan fingerprint density at radius 1 is 1.03 bits per heavy atom. The molecule has 2 amide bonds. The van der Waals surface area contributed by atoms with Gasteiger partial charge in [0, 0.05) is 12.6 Å². The number of benzene rings is 1. The van der Waals surface area contributed by atoms with Crippen LogP contribution in [0, 0.1) is 0 Å². The van der Waals surface area contributed by atoms with E-state index in [1.54, 1.807) is 30.3 Å². The third-order valence-corrected chi connectivity index (χ3v) is 7.34. The highest BCUT2D eigenvalue weighted by molar-refractivity contribution is 7.89. The molecule has 1 saturated heterocycles. The molecule has 0 unspecified atom stereocenters. The van der Waals surface area contributed by atoms with E-state index in [0.29, 0.717) is 19.3 Å². The van der Waals surface area contributed by atoms with Gasteiger partial charge in [0.25, 0.3) is 0 Å². The molecular formula is C21H33N3O5S. The number of nitrogens with one attached hydrogen (secondary N) is 3. The summed E-state index contributed by atoms with van der Waals surface area (Å²) in [5.41, 5.74) is 0. The van der Waals surface area contributed by atoms with E-state index in [1.807, 2.05) is 0 Å². The largest absolute Gasteiger partial charge is 0.394 e. The summed E-state index contributed by atoms with van der Waals surface area (Å²) in [6.07, 6.45) is 6.76. The van der Waals surface area contributed by atoms with Gasteiger partial charge in [0.15, 0.2) is 0 Å². The Labute approximate surface area is 178 Å². The van der Waals surface area contributed by atoms with Crippen LogP contribution in [0.15, 0.2) is 35.2 Å². The molecule has 168 valence electrons. The second-order valence-electron chi connectivity index (χ2n) is 8.12. The normalized spacial score (nSPS) is 25.6. The fourth-order valence-electron chi connectivity index (χ4n) is 4.19. The Hall–Kier alpha value is -1.68. The molecule has 9 heteroatoms. The number of aliphatic hydroxyl groups excluding tert-OH is 1. The second kappa shape index (κ2) is 11.1. The zero-order valence-electron chi connectivity index (χ0n) is 17.3. The van der Waals surface area contributed by atoms with Crippen LogP contribution in [0.25, 0.3) is 0 Å². The minimum absolute atomic E-state index is 0.167. The maximum atomic E-state index is 12.3. The molecule has 3 atom stereocenters. The van der Waals surface area contributed by atoms with E-state index in [2.05, 4.69) is 15.4 Å². The van der Waals surface area contributed by atoms with Crippen LogP contribution >= 0.6 is 0 Å². The fraction of sp³-hybridized carbons (Fsp3) is 0.667. The Bertz CT molecular complexity index is 768. The average Bonchev–Trinajstić information content (AvgIpc) is 2.76. The van der Waals surface area contributed by atoms with Crippen LogP contribution < -0.4 is 15.4 Å². The van der Waals surface area contributed by atoms with Crippen LogP contribution in [0.1, 0.15) is 51.4 Å². The second-order valence-corrected chi connectivity index (χ2v) is 9.88. The van der Waals surface area contributed by atoms with Gasteiger partial charge in [-0.15, -0.1) is 0 Å². The molecule has 3 rings (SSSR count). The highest BCUT2D eigenvalue weighted by atomic mass is 32.2. The third kappa shape index (κ3) is 6.66. The first-order chi connectivity index (χ1) is 14.5. The van der Waals surface area contributed by atoms with E-state index in [1.165, 1.54) is 6.42 Å². The van der Waals surface area contributed by atoms with Crippen molar-refractivity contribution in [2.75, 3.05) is 13.2 Å². The number of ether oxygens (including phenoxy) is 1. The van der Waals surface area contributed by atoms with Crippen molar-refractivity contribution in [2.24, 2.45) is 0 Å². The molecule has 2 aliphatic rings. The van der Waals surface area contributed by atoms with Crippen LogP contribution in [0.3, 0.4) is 0 Å². The first-order valence-corrected chi connectivity index (χ1v) is 12.3. The molecule has 1 heterocycles. The molecule has 30 heavy (non-hydrogen) atoms. The van der Waals surface area contributed by atoms with Gasteiger partial charge in [0.05, 0.1) is 23.6 Å². The van der Waals surface area contributed by atoms with Crippen molar-refractivity contribution in [3.05, 3.63) is 30.3 Å². The number of aliphatic hydroxyl groups is 1. The Morgan fingerprint density at radius 3 is 2.47 bits per heavy atom. The summed E-state index contributed by atoms with van der Waals surface area (Å²) in [6.45, 7) is 0.0565. The lowest BCUT2D eigenvalue weighted by molar-refractivity contribution is -0.0887. The van der Waals surface area contributed by atoms with Gasteiger partial charge in [0.1, 0.15) is 6.10 Å². The minimum atomic E-state index is -3.54. The molecule has 1 aromatic carbocycles. The summed E-state index contributed by atoms with van der Waals surface area (Å²) in [5, 5.41) is 15.7. The Morgan fingerprint density at radius 2 is 1.77 bits per heavy atom. The van der Waals surface area contributed by atoms with Gasteiger partial charge in [0.2, 0.25) is 10.0 Å². The van der Waals surface area contributed by atoms with Crippen LogP contribution in [0.4, 0.5) is 4.79 Å². The van der Waals surface area contributed by atoms with E-state index in [-0.39, 0.29) is 42.3 Å². The molecule has 1 aliphatic carbocycles. The molecule has 4 N–H and O–H groups in total. The number of amides is 2. The Kier molecular flexibility index (Phi) is 8.50. The van der Waals surface area contributed by atoms with Gasteiger partial charge in [-0.05, 0) is 44.2 Å². The molecular weight excluding hydrogens is 406 g/mol. The van der Waals surface area contributed by atoms with Crippen molar-refractivity contribution in [3.8, 4) is 0 Å². The number of carbonyl (C=O) groups is 1. The molecule has 1 saturated carbocycles. The van der Waals surface area contributed by atoms with Crippen molar-refractivity contribution in [1.82, 2.24) is 15.4 Å². The minimum Gasteiger partial charge on any atom is -0.394 e. The van der Waals surface area contributed by atoms with E-state index >= 15 is 0 Å². The molecule has 1 aliphatic heterocycles. The van der Waals surface area contributed by atoms with E-state index in [4.69, 9.17) is 4.74 Å². The summed E-state index contributed by atoms with van der Waals surface area (Å²) in [5.74, 6) is 0. The van der Waals surface area contributed by atoms with Gasteiger partial charge in [-0.25, -0.2) is 17.9 Å². The van der Waals surface area contributed by atoms with E-state index < -0.39 is 16.1 Å². The smallest absolute Gasteiger partial charge is 0.315 e. The van der Waals surface area contributed by atoms with Gasteiger partial charge < -0.3 is 20.5 Å². The Balaban J connectivity index is 1.42. The van der Waals surface area contributed by atoms with E-state index in [0.717, 1.165) is 25.7 Å². The molecule has 1 aromatic rings. The zero-order chi connectivity index (χ0) is 21.4. The number of sulfonamides is 1. The number of rotatable bonds is 8. The summed E-state index contributed by atoms with van der Waals surface area (Å²) in [7, 11) is -3.54. The first kappa shape index (κ1) is 23.0. The topological polar surface area (TPSA) is 117 Å². The van der Waals surface area contributed by atoms with Crippen molar-refractivity contribution >= 4 is 16.1 Å². The number of urea groups is 1. The predicted molar refractivity (Wildman–Crippen MR) is 114 cm³/mol. The third-order valence-electron chi connectivity index (χ3n) is 5.86. The summed E-state index contributed by atoms with van der Waals surface area (Å²) >= 11 is 0. The lowest BCUT2D eigenvalue weighted by Crippen LogP contribution is -2.55. The van der Waals surface area contributed by atoms with Crippen LogP contribution in [0.2, 0.25) is 0 Å². The molecule has 2 fully saturated rings. The average molecular weight is 440 g/mol. The SMILES string of the molecule is O=C(NC1CCCCC1)N[C@H]1CC[C@@H](CCNS(=O)(=O)c2ccccc2)O[C@H]1CO. The number of carbonyl (C=O) groups excluding carboxylic acids is 1. The monoisotopic (exact) mass is 439 g/mol. The maximum absolute atomic E-state index is 12.3. The molecule has 0 bridgehead atoms. The molecule has 0 spiro atoms. The van der Waals surface area contributed by atoms with Crippen LogP contribution in [-0.4, -0.2) is 57.0 Å². The van der Waals surface area contributed by atoms with Crippen molar-refractivity contribution in [1.29, 1.82) is 0 Å². The number of hydrogen-bond donors (Lipinski definition) is 4. The first-order valence-electron chi connectivity index (χ1n) is 10.9. The standard InChI is InChI=1S/C21H33N3O5S/c25-15-20-19(24-21(26)23-16-7-3-1-4-8-16)12-11-17(29-20)13-14-22-30(27,28)18-9-5-2-6-10-18/h2,5-6,9-10,16-17,19-20,22,25H,1,3-4,7-8,11-15H2,(H2,23,24,26)/t17-,19-,20-/m0/s1. The summed E-state index contributed by atoms with van der Waals surface area (Å²) < 4.78 is 33.1. The fourth-order valence-corrected chi connectivity index (χ4v) is 5.26. The molecule has 0 radical (unpaired) electrons. The van der Waals surface area contributed by atoms with E-state index in [9.17, 15) is 18.3 Å². The molecule has 8 nitrogen and oxygen atoms in total. The van der Waals surface area contributed by atoms with Crippen LogP contribution in [-0.2, 0) is 14.8 Å². The zero-order valence-corrected chi connectivity index (χ0v) is 18.1. The van der Waals surface area contributed by atoms with Crippen molar-refractivity contribution in [3.63, 3.8) is 0 Å². The van der Waals surface area contributed by atoms with Gasteiger partial charge in [-0.3, -0.25) is 0 Å². The lowest BCUT2D eigenvalue weighted by Gasteiger charge is -2.36. The highest BCUT2D eigenvalue weighted by Crippen LogP contribution is 2.22. The van der Waals surface area contributed by atoms with Crippen molar-refractivity contribution < 1.29 is 23.1 Å². The summed E-state index contributed by atoms with van der Waals surface area (Å²) in [4.78, 5) is 12.5. The quantitative estimate of drug-likeness (QED) is 0.494. The molecule has 0 aromatic heterocycles. The predicted octanol–water partition coefficient (Wildman–Crippen LogP) is 1.90. The summed E-state index contributed by atoms with van der Waals surface area (Å²) in [6, 6.07) is 8.00. The van der Waals surface area contributed by atoms with Gasteiger partial charge >= 0.3 is 6.03 Å². The maximum Gasteiger partial charge on any atom is 0.315 e. The van der Waals surface area contributed by atoms with Crippen molar-refractivity contribution in [2.45, 2.75) is 80.6 Å². The van der Waals surface area contributed by atoms with Gasteiger partial charge in [-0.1, -0.05) is 37.5 Å². The highest BCUT2D eigenvalue weighted by Gasteiger charge is 2.32. The van der Waals surface area contributed by atoms with Crippen LogP contribution in [0.5, 0.6) is 0 Å².